The van der Waals surface area contributed by atoms with Crippen LogP contribution in [0.15, 0.2) is 57.7 Å². The number of rotatable bonds is 4. The molecule has 5 nitrogen and oxygen atoms in total. The third kappa shape index (κ3) is 3.54. The standard InChI is InChI=1S/C20H15FO5/c1-11-3-8-17-15(9-11)16(22)10-18(26-17)20(24)25-12(2)19(23)13-4-6-14(21)7-5-13/h3-10,12H,1-2H3/t12-/m1/s1. The molecule has 0 aliphatic rings. The number of hydrogen-bond donors (Lipinski definition) is 0. The zero-order valence-electron chi connectivity index (χ0n) is 14.1. The second kappa shape index (κ2) is 6.92. The summed E-state index contributed by atoms with van der Waals surface area (Å²) < 4.78 is 23.5. The van der Waals surface area contributed by atoms with Gasteiger partial charge in [-0.1, -0.05) is 11.6 Å². The zero-order chi connectivity index (χ0) is 18.8. The van der Waals surface area contributed by atoms with E-state index in [1.807, 2.05) is 6.92 Å². The van der Waals surface area contributed by atoms with E-state index >= 15 is 0 Å². The van der Waals surface area contributed by atoms with E-state index in [1.165, 1.54) is 19.1 Å². The zero-order valence-corrected chi connectivity index (χ0v) is 14.1. The number of hydrogen-bond acceptors (Lipinski definition) is 5. The number of esters is 1. The number of ether oxygens (including phenoxy) is 1. The van der Waals surface area contributed by atoms with Gasteiger partial charge in [0, 0.05) is 11.6 Å². The minimum atomic E-state index is -1.12. The van der Waals surface area contributed by atoms with Crippen LogP contribution < -0.4 is 5.43 Å². The molecule has 0 aliphatic heterocycles. The summed E-state index contributed by atoms with van der Waals surface area (Å²) in [5.74, 6) is -2.17. The molecular formula is C20H15FO5. The van der Waals surface area contributed by atoms with E-state index in [-0.39, 0.29) is 22.3 Å². The van der Waals surface area contributed by atoms with E-state index in [9.17, 15) is 18.8 Å². The van der Waals surface area contributed by atoms with Gasteiger partial charge in [-0.3, -0.25) is 9.59 Å². The summed E-state index contributed by atoms with van der Waals surface area (Å²) in [4.78, 5) is 36.6. The van der Waals surface area contributed by atoms with Gasteiger partial charge in [-0.25, -0.2) is 9.18 Å². The lowest BCUT2D eigenvalue weighted by molar-refractivity contribution is 0.0289. The molecule has 6 heteroatoms. The fraction of sp³-hybridized carbons (Fsp3) is 0.150. The Hall–Kier alpha value is -3.28. The van der Waals surface area contributed by atoms with Gasteiger partial charge in [0.1, 0.15) is 11.4 Å². The van der Waals surface area contributed by atoms with Gasteiger partial charge in [0.2, 0.25) is 11.5 Å². The van der Waals surface area contributed by atoms with Gasteiger partial charge in [0.05, 0.1) is 5.39 Å². The van der Waals surface area contributed by atoms with Gasteiger partial charge >= 0.3 is 5.97 Å². The summed E-state index contributed by atoms with van der Waals surface area (Å²) in [6.07, 6.45) is -1.12. The molecule has 0 bridgehead atoms. The molecule has 0 saturated carbocycles. The number of Topliss-reactive ketones (excluding diaryl/α,β-unsaturated/α-hetero) is 1. The van der Waals surface area contributed by atoms with Crippen molar-refractivity contribution in [1.29, 1.82) is 0 Å². The number of halogens is 1. The van der Waals surface area contributed by atoms with Crippen LogP contribution in [0.2, 0.25) is 0 Å². The SMILES string of the molecule is Cc1ccc2oc(C(=O)O[C@H](C)C(=O)c3ccc(F)cc3)cc(=O)c2c1. The Kier molecular flexibility index (Phi) is 4.67. The minimum absolute atomic E-state index is 0.210. The number of aryl methyl sites for hydroxylation is 1. The molecule has 0 fully saturated rings. The molecular weight excluding hydrogens is 339 g/mol. The summed E-state index contributed by atoms with van der Waals surface area (Å²) >= 11 is 0. The van der Waals surface area contributed by atoms with Gasteiger partial charge in [0.15, 0.2) is 11.5 Å². The molecule has 132 valence electrons. The molecule has 0 amide bonds. The van der Waals surface area contributed by atoms with E-state index in [2.05, 4.69) is 0 Å². The number of ketones is 1. The number of benzene rings is 2. The number of fused-ring (bicyclic) bond motifs is 1. The molecule has 1 heterocycles. The monoisotopic (exact) mass is 354 g/mol. The fourth-order valence-corrected chi connectivity index (χ4v) is 2.49. The van der Waals surface area contributed by atoms with E-state index in [0.29, 0.717) is 5.39 Å². The van der Waals surface area contributed by atoms with Crippen LogP contribution in [0.5, 0.6) is 0 Å². The van der Waals surface area contributed by atoms with Gasteiger partial charge in [-0.05, 0) is 50.2 Å². The highest BCUT2D eigenvalue weighted by Gasteiger charge is 2.22. The van der Waals surface area contributed by atoms with Crippen LogP contribution >= 0.6 is 0 Å². The van der Waals surface area contributed by atoms with Crippen molar-refractivity contribution in [2.75, 3.05) is 0 Å². The summed E-state index contributed by atoms with van der Waals surface area (Å²) in [5.41, 5.74) is 0.979. The maximum Gasteiger partial charge on any atom is 0.375 e. The van der Waals surface area contributed by atoms with Crippen molar-refractivity contribution in [3.8, 4) is 0 Å². The predicted octanol–water partition coefficient (Wildman–Crippen LogP) is 3.67. The molecule has 0 radical (unpaired) electrons. The Morgan fingerprint density at radius 2 is 1.77 bits per heavy atom. The number of carbonyl (C=O) groups excluding carboxylic acids is 2. The maximum absolute atomic E-state index is 12.9. The molecule has 1 atom stereocenters. The maximum atomic E-state index is 12.9. The van der Waals surface area contributed by atoms with E-state index < -0.39 is 23.7 Å². The first-order valence-electron chi connectivity index (χ1n) is 7.90. The largest absolute Gasteiger partial charge is 0.449 e. The van der Waals surface area contributed by atoms with Crippen molar-refractivity contribution in [3.05, 3.63) is 81.5 Å². The molecule has 26 heavy (non-hydrogen) atoms. The summed E-state index contributed by atoms with van der Waals surface area (Å²) in [5, 5.41) is 0.358. The highest BCUT2D eigenvalue weighted by molar-refractivity contribution is 6.01. The smallest absolute Gasteiger partial charge is 0.375 e. The normalized spacial score (nSPS) is 12.0. The summed E-state index contributed by atoms with van der Waals surface area (Å²) in [7, 11) is 0. The lowest BCUT2D eigenvalue weighted by Gasteiger charge is -2.12. The van der Waals surface area contributed by atoms with Crippen LogP contribution in [-0.2, 0) is 4.74 Å². The lowest BCUT2D eigenvalue weighted by atomic mass is 10.1. The van der Waals surface area contributed by atoms with Crippen molar-refractivity contribution in [2.45, 2.75) is 20.0 Å². The summed E-state index contributed by atoms with van der Waals surface area (Å²) in [6.45, 7) is 3.23. The van der Waals surface area contributed by atoms with E-state index in [4.69, 9.17) is 9.15 Å². The molecule has 1 aromatic heterocycles. The van der Waals surface area contributed by atoms with Crippen molar-refractivity contribution in [3.63, 3.8) is 0 Å². The molecule has 0 N–H and O–H groups in total. The Bertz CT molecular complexity index is 1050. The van der Waals surface area contributed by atoms with Crippen molar-refractivity contribution >= 4 is 22.7 Å². The quantitative estimate of drug-likeness (QED) is 0.528. The van der Waals surface area contributed by atoms with Gasteiger partial charge in [-0.2, -0.15) is 0 Å². The minimum Gasteiger partial charge on any atom is -0.449 e. The third-order valence-electron chi connectivity index (χ3n) is 3.87. The Labute approximate surface area is 148 Å². The van der Waals surface area contributed by atoms with Crippen molar-refractivity contribution in [1.82, 2.24) is 0 Å². The molecule has 0 aliphatic carbocycles. The average Bonchev–Trinajstić information content (AvgIpc) is 2.62. The van der Waals surface area contributed by atoms with E-state index in [0.717, 1.165) is 23.8 Å². The van der Waals surface area contributed by atoms with Crippen LogP contribution in [0.3, 0.4) is 0 Å². The fourth-order valence-electron chi connectivity index (χ4n) is 2.49. The van der Waals surface area contributed by atoms with Gasteiger partial charge in [-0.15, -0.1) is 0 Å². The molecule has 0 unspecified atom stereocenters. The Morgan fingerprint density at radius 3 is 2.46 bits per heavy atom. The van der Waals surface area contributed by atoms with Gasteiger partial charge in [0.25, 0.3) is 0 Å². The summed E-state index contributed by atoms with van der Waals surface area (Å²) in [6, 6.07) is 11.0. The molecule has 3 aromatic rings. The molecule has 2 aromatic carbocycles. The number of carbonyl (C=O) groups is 2. The first-order chi connectivity index (χ1) is 12.3. The van der Waals surface area contributed by atoms with Gasteiger partial charge < -0.3 is 9.15 Å². The highest BCUT2D eigenvalue weighted by Crippen LogP contribution is 2.16. The first kappa shape index (κ1) is 17.5. The van der Waals surface area contributed by atoms with E-state index in [1.54, 1.807) is 18.2 Å². The molecule has 3 rings (SSSR count). The highest BCUT2D eigenvalue weighted by atomic mass is 19.1. The van der Waals surface area contributed by atoms with Crippen LogP contribution in [0.4, 0.5) is 4.39 Å². The van der Waals surface area contributed by atoms with Crippen LogP contribution in [-0.4, -0.2) is 17.9 Å². The van der Waals surface area contributed by atoms with Crippen LogP contribution in [0, 0.1) is 12.7 Å². The Balaban J connectivity index is 1.82. The molecule has 0 spiro atoms. The van der Waals surface area contributed by atoms with Crippen molar-refractivity contribution in [2.24, 2.45) is 0 Å². The molecule has 0 saturated heterocycles. The second-order valence-electron chi connectivity index (χ2n) is 5.89. The Morgan fingerprint density at radius 1 is 1.08 bits per heavy atom. The third-order valence-corrected chi connectivity index (χ3v) is 3.87. The van der Waals surface area contributed by atoms with Crippen LogP contribution in [0.25, 0.3) is 11.0 Å². The second-order valence-corrected chi connectivity index (χ2v) is 5.89. The van der Waals surface area contributed by atoms with Crippen molar-refractivity contribution < 1.29 is 23.1 Å². The average molecular weight is 354 g/mol. The lowest BCUT2D eigenvalue weighted by Crippen LogP contribution is -2.25. The van der Waals surface area contributed by atoms with Crippen LogP contribution in [0.1, 0.15) is 33.4 Å². The topological polar surface area (TPSA) is 73.6 Å². The first-order valence-corrected chi connectivity index (χ1v) is 7.90. The predicted molar refractivity (Wildman–Crippen MR) is 92.8 cm³/mol.